The molecule has 1 aliphatic carbocycles. The minimum Gasteiger partial charge on any atom is -0.357 e. The van der Waals surface area contributed by atoms with E-state index in [0.29, 0.717) is 6.54 Å². The van der Waals surface area contributed by atoms with Crippen molar-refractivity contribution in [3.05, 3.63) is 57.8 Å². The minimum atomic E-state index is 0. The fraction of sp³-hybridized carbons (Fsp3) is 0.368. The number of nitrogens with one attached hydrogen (secondary N) is 2. The lowest BCUT2D eigenvalue weighted by Crippen LogP contribution is -2.41. The van der Waals surface area contributed by atoms with Crippen molar-refractivity contribution in [2.75, 3.05) is 13.1 Å². The average Bonchev–Trinajstić information content (AvgIpc) is 3.12. The van der Waals surface area contributed by atoms with Crippen LogP contribution >= 0.6 is 51.2 Å². The molecule has 0 aliphatic heterocycles. The first-order valence-electron chi connectivity index (χ1n) is 8.88. The van der Waals surface area contributed by atoms with Gasteiger partial charge in [0.1, 0.15) is 0 Å². The van der Waals surface area contributed by atoms with E-state index in [4.69, 9.17) is 4.99 Å². The number of fused-ring (bicyclic) bond motifs is 1. The summed E-state index contributed by atoms with van der Waals surface area (Å²) in [5.41, 5.74) is 2.59. The molecule has 0 radical (unpaired) electrons. The number of guanidine groups is 1. The van der Waals surface area contributed by atoms with E-state index in [2.05, 4.69) is 62.7 Å². The van der Waals surface area contributed by atoms with Gasteiger partial charge in [0.25, 0.3) is 0 Å². The molecule has 5 nitrogen and oxygen atoms in total. The van der Waals surface area contributed by atoms with Gasteiger partial charge in [-0.05, 0) is 31.4 Å². The summed E-state index contributed by atoms with van der Waals surface area (Å²) in [4.78, 5) is 10.3. The third-order valence-corrected chi connectivity index (χ3v) is 6.24. The van der Waals surface area contributed by atoms with Crippen LogP contribution in [0.15, 0.2) is 51.5 Å². The van der Waals surface area contributed by atoms with E-state index in [-0.39, 0.29) is 29.4 Å². The van der Waals surface area contributed by atoms with Crippen molar-refractivity contribution >= 4 is 62.2 Å². The van der Waals surface area contributed by atoms with E-state index in [9.17, 15) is 0 Å². The molecule has 0 amide bonds. The van der Waals surface area contributed by atoms with Gasteiger partial charge in [-0.25, -0.2) is 9.98 Å². The number of halogens is 2. The quantitative estimate of drug-likeness (QED) is 0.264. The van der Waals surface area contributed by atoms with Crippen molar-refractivity contribution in [3.8, 4) is 0 Å². The summed E-state index contributed by atoms with van der Waals surface area (Å²) in [7, 11) is 0. The summed E-state index contributed by atoms with van der Waals surface area (Å²) in [6.45, 7) is 4.39. The van der Waals surface area contributed by atoms with Gasteiger partial charge in [0.15, 0.2) is 10.9 Å². The van der Waals surface area contributed by atoms with Crippen LogP contribution in [0.5, 0.6) is 0 Å². The molecule has 2 N–H and O–H groups in total. The molecule has 27 heavy (non-hydrogen) atoms. The Hall–Kier alpha value is -1.13. The van der Waals surface area contributed by atoms with Gasteiger partial charge in [-0.3, -0.25) is 4.40 Å². The zero-order chi connectivity index (χ0) is 18.0. The van der Waals surface area contributed by atoms with E-state index in [1.165, 1.54) is 22.9 Å². The maximum absolute atomic E-state index is 4.72. The lowest BCUT2D eigenvalue weighted by Gasteiger charge is -2.20. The van der Waals surface area contributed by atoms with Crippen LogP contribution in [-0.2, 0) is 12.0 Å². The monoisotopic (exact) mass is 559 g/mol. The van der Waals surface area contributed by atoms with Gasteiger partial charge in [-0.15, -0.1) is 35.3 Å². The predicted molar refractivity (Wildman–Crippen MR) is 126 cm³/mol. The number of thiazole rings is 1. The number of hydrogen-bond acceptors (Lipinski definition) is 3. The fourth-order valence-electron chi connectivity index (χ4n) is 3.19. The van der Waals surface area contributed by atoms with Gasteiger partial charge < -0.3 is 10.6 Å². The Morgan fingerprint density at radius 3 is 2.85 bits per heavy atom. The number of aliphatic imine (C=N–C) groups is 1. The third-order valence-electron chi connectivity index (χ3n) is 4.78. The normalized spacial score (nSPS) is 15.4. The lowest BCUT2D eigenvalue weighted by molar-refractivity contribution is 0.643. The first-order valence-corrected chi connectivity index (χ1v) is 10.6. The number of hydrogen-bond donors (Lipinski definition) is 2. The highest BCUT2D eigenvalue weighted by Crippen LogP contribution is 2.49. The van der Waals surface area contributed by atoms with Crippen LogP contribution in [0, 0.1) is 0 Å². The van der Waals surface area contributed by atoms with E-state index < -0.39 is 0 Å². The summed E-state index contributed by atoms with van der Waals surface area (Å²) >= 11 is 5.34. The molecule has 2 heterocycles. The summed E-state index contributed by atoms with van der Waals surface area (Å²) in [6.07, 6.45) is 6.49. The Balaban J connectivity index is 0.00000210. The van der Waals surface area contributed by atoms with E-state index in [1.54, 1.807) is 11.3 Å². The summed E-state index contributed by atoms with van der Waals surface area (Å²) in [5.74, 6) is 0.849. The molecule has 2 aromatic heterocycles. The molecule has 0 unspecified atom stereocenters. The number of rotatable bonds is 6. The molecule has 8 heteroatoms. The molecule has 1 aromatic carbocycles. The summed E-state index contributed by atoms with van der Waals surface area (Å²) in [6, 6.07) is 8.53. The topological polar surface area (TPSA) is 53.7 Å². The van der Waals surface area contributed by atoms with Crippen molar-refractivity contribution < 1.29 is 0 Å². The zero-order valence-electron chi connectivity index (χ0n) is 15.1. The van der Waals surface area contributed by atoms with Crippen LogP contribution < -0.4 is 10.6 Å². The molecule has 144 valence electrons. The molecule has 0 saturated heterocycles. The molecule has 4 rings (SSSR count). The Bertz CT molecular complexity index is 902. The fourth-order valence-corrected chi connectivity index (χ4v) is 4.61. The van der Waals surface area contributed by atoms with Crippen molar-refractivity contribution in [3.63, 3.8) is 0 Å². The Kier molecular flexibility index (Phi) is 6.80. The molecule has 1 saturated carbocycles. The Labute approximate surface area is 188 Å². The van der Waals surface area contributed by atoms with Gasteiger partial charge in [0.2, 0.25) is 0 Å². The highest BCUT2D eigenvalue weighted by molar-refractivity contribution is 14.0. The minimum absolute atomic E-state index is 0. The van der Waals surface area contributed by atoms with Crippen molar-refractivity contribution in [1.82, 2.24) is 20.0 Å². The predicted octanol–water partition coefficient (Wildman–Crippen LogP) is 4.56. The van der Waals surface area contributed by atoms with E-state index in [0.717, 1.165) is 29.7 Å². The largest absolute Gasteiger partial charge is 0.357 e. The maximum Gasteiger partial charge on any atom is 0.193 e. The van der Waals surface area contributed by atoms with Crippen LogP contribution in [0.4, 0.5) is 0 Å². The highest BCUT2D eigenvalue weighted by atomic mass is 127. The van der Waals surface area contributed by atoms with Gasteiger partial charge in [0.05, 0.1) is 12.2 Å². The number of aromatic nitrogens is 2. The van der Waals surface area contributed by atoms with Crippen LogP contribution in [0.3, 0.4) is 0 Å². The standard InChI is InChI=1S/C19H22BrN5S.HI/c1-2-21-17(22-11-14-12-25-9-10-26-18(25)24-14)23-13-19(7-8-19)15-5-3-4-6-16(15)20;/h3-6,9-10,12H,2,7-8,11,13H2,1H3,(H2,21,22,23);1H. The van der Waals surface area contributed by atoms with Crippen LogP contribution in [-0.4, -0.2) is 28.4 Å². The molecule has 0 bridgehead atoms. The van der Waals surface area contributed by atoms with Crippen molar-refractivity contribution in [2.24, 2.45) is 4.99 Å². The molecule has 0 atom stereocenters. The zero-order valence-corrected chi connectivity index (χ0v) is 19.8. The molecule has 1 aliphatic rings. The van der Waals surface area contributed by atoms with Crippen molar-refractivity contribution in [1.29, 1.82) is 0 Å². The second-order valence-corrected chi connectivity index (χ2v) is 8.36. The van der Waals surface area contributed by atoms with Gasteiger partial charge >= 0.3 is 0 Å². The second kappa shape index (κ2) is 8.91. The Morgan fingerprint density at radius 1 is 1.33 bits per heavy atom. The smallest absolute Gasteiger partial charge is 0.193 e. The highest BCUT2D eigenvalue weighted by Gasteiger charge is 2.45. The first-order chi connectivity index (χ1) is 12.7. The van der Waals surface area contributed by atoms with Gasteiger partial charge in [0, 0.05) is 40.8 Å². The van der Waals surface area contributed by atoms with E-state index >= 15 is 0 Å². The maximum atomic E-state index is 4.72. The first kappa shape index (κ1) is 20.6. The van der Waals surface area contributed by atoms with Gasteiger partial charge in [-0.2, -0.15) is 0 Å². The van der Waals surface area contributed by atoms with Crippen LogP contribution in [0.25, 0.3) is 4.96 Å². The molecule has 3 aromatic rings. The summed E-state index contributed by atoms with van der Waals surface area (Å²) < 4.78 is 3.24. The second-order valence-electron chi connectivity index (χ2n) is 6.63. The Morgan fingerprint density at radius 2 is 2.15 bits per heavy atom. The van der Waals surface area contributed by atoms with E-state index in [1.807, 2.05) is 22.2 Å². The molecule has 0 spiro atoms. The molecular weight excluding hydrogens is 537 g/mol. The van der Waals surface area contributed by atoms with Crippen LogP contribution in [0.2, 0.25) is 0 Å². The number of nitrogens with zero attached hydrogens (tertiary/aromatic N) is 3. The number of imidazole rings is 1. The summed E-state index contributed by atoms with van der Waals surface area (Å²) in [5, 5.41) is 8.91. The lowest BCUT2D eigenvalue weighted by atomic mass is 9.96. The third kappa shape index (κ3) is 4.65. The molecule has 1 fully saturated rings. The average molecular weight is 560 g/mol. The molecular formula is C19H23BrIN5S. The van der Waals surface area contributed by atoms with Crippen molar-refractivity contribution in [2.45, 2.75) is 31.7 Å². The van der Waals surface area contributed by atoms with Crippen LogP contribution in [0.1, 0.15) is 31.0 Å². The SMILES string of the molecule is CCNC(=NCc1cn2ccsc2n1)NCC1(c2ccccc2Br)CC1.I. The van der Waals surface area contributed by atoms with Gasteiger partial charge in [-0.1, -0.05) is 34.1 Å². The number of benzene rings is 1.